The van der Waals surface area contributed by atoms with Crippen LogP contribution in [0.3, 0.4) is 0 Å². The molecule has 0 aliphatic carbocycles. The summed E-state index contributed by atoms with van der Waals surface area (Å²) in [4.78, 5) is 2.11. The SMILES string of the molecule is COc1ccccc1[C@@H](CCC(F)(F)F)N1CCNCC1. The smallest absolute Gasteiger partial charge is 0.389 e. The van der Waals surface area contributed by atoms with Gasteiger partial charge in [-0.05, 0) is 12.5 Å². The van der Waals surface area contributed by atoms with Crippen LogP contribution in [-0.4, -0.2) is 44.4 Å². The lowest BCUT2D eigenvalue weighted by molar-refractivity contribution is -0.138. The molecule has 1 saturated heterocycles. The average molecular weight is 302 g/mol. The molecule has 1 aromatic rings. The highest BCUT2D eigenvalue weighted by molar-refractivity contribution is 5.36. The van der Waals surface area contributed by atoms with Crippen LogP contribution in [0.25, 0.3) is 0 Å². The monoisotopic (exact) mass is 302 g/mol. The van der Waals surface area contributed by atoms with E-state index in [2.05, 4.69) is 10.2 Å². The van der Waals surface area contributed by atoms with Crippen LogP contribution in [0.5, 0.6) is 5.75 Å². The summed E-state index contributed by atoms with van der Waals surface area (Å²) in [5, 5.41) is 3.23. The zero-order valence-corrected chi connectivity index (χ0v) is 12.1. The molecule has 0 unspecified atom stereocenters. The predicted octanol–water partition coefficient (Wildman–Crippen LogP) is 2.98. The van der Waals surface area contributed by atoms with Gasteiger partial charge in [-0.1, -0.05) is 18.2 Å². The zero-order valence-electron chi connectivity index (χ0n) is 12.1. The van der Waals surface area contributed by atoms with E-state index in [0.29, 0.717) is 5.75 Å². The van der Waals surface area contributed by atoms with E-state index in [4.69, 9.17) is 4.74 Å². The maximum absolute atomic E-state index is 12.6. The summed E-state index contributed by atoms with van der Waals surface area (Å²) in [5.41, 5.74) is 0.839. The molecule has 21 heavy (non-hydrogen) atoms. The van der Waals surface area contributed by atoms with Gasteiger partial charge in [-0.25, -0.2) is 0 Å². The van der Waals surface area contributed by atoms with Gasteiger partial charge in [-0.15, -0.1) is 0 Å². The maximum Gasteiger partial charge on any atom is 0.389 e. The van der Waals surface area contributed by atoms with Gasteiger partial charge < -0.3 is 10.1 Å². The highest BCUT2D eigenvalue weighted by Crippen LogP contribution is 2.35. The van der Waals surface area contributed by atoms with Gasteiger partial charge in [0, 0.05) is 44.2 Å². The number of methoxy groups -OCH3 is 1. The molecule has 1 heterocycles. The Morgan fingerprint density at radius 3 is 2.52 bits per heavy atom. The third kappa shape index (κ3) is 4.61. The molecule has 0 saturated carbocycles. The number of benzene rings is 1. The summed E-state index contributed by atoms with van der Waals surface area (Å²) < 4.78 is 43.2. The Bertz CT molecular complexity index is 445. The fourth-order valence-electron chi connectivity index (χ4n) is 2.77. The van der Waals surface area contributed by atoms with Gasteiger partial charge in [0.15, 0.2) is 0 Å². The Labute approximate surface area is 123 Å². The quantitative estimate of drug-likeness (QED) is 0.905. The van der Waals surface area contributed by atoms with Crippen molar-refractivity contribution in [2.75, 3.05) is 33.3 Å². The molecule has 6 heteroatoms. The van der Waals surface area contributed by atoms with Gasteiger partial charge in [0.25, 0.3) is 0 Å². The van der Waals surface area contributed by atoms with Crippen molar-refractivity contribution in [2.45, 2.75) is 25.1 Å². The molecule has 1 atom stereocenters. The molecule has 1 N–H and O–H groups in total. The second-order valence-corrected chi connectivity index (χ2v) is 5.20. The second-order valence-electron chi connectivity index (χ2n) is 5.20. The Hall–Kier alpha value is -1.27. The van der Waals surface area contributed by atoms with Gasteiger partial charge >= 0.3 is 6.18 Å². The molecule has 1 aliphatic rings. The highest BCUT2D eigenvalue weighted by atomic mass is 19.4. The van der Waals surface area contributed by atoms with Gasteiger partial charge in [-0.3, -0.25) is 4.90 Å². The normalized spacial score (nSPS) is 18.5. The molecular weight excluding hydrogens is 281 g/mol. The lowest BCUT2D eigenvalue weighted by Crippen LogP contribution is -2.45. The fourth-order valence-corrected chi connectivity index (χ4v) is 2.77. The first kappa shape index (κ1) is 16.1. The van der Waals surface area contributed by atoms with E-state index in [1.165, 1.54) is 0 Å². The number of ether oxygens (including phenoxy) is 1. The van der Waals surface area contributed by atoms with Crippen LogP contribution in [0.2, 0.25) is 0 Å². The first-order valence-electron chi connectivity index (χ1n) is 7.15. The van der Waals surface area contributed by atoms with Gasteiger partial charge in [0.05, 0.1) is 7.11 Å². The number of alkyl halides is 3. The van der Waals surface area contributed by atoms with Crippen molar-refractivity contribution < 1.29 is 17.9 Å². The van der Waals surface area contributed by atoms with Crippen LogP contribution in [-0.2, 0) is 0 Å². The first-order valence-corrected chi connectivity index (χ1v) is 7.15. The maximum atomic E-state index is 12.6. The van der Waals surface area contributed by atoms with Crippen LogP contribution in [0.4, 0.5) is 13.2 Å². The Kier molecular flexibility index (Phi) is 5.47. The van der Waals surface area contributed by atoms with E-state index in [-0.39, 0.29) is 12.5 Å². The van der Waals surface area contributed by atoms with Gasteiger partial charge in [0.2, 0.25) is 0 Å². The average Bonchev–Trinajstić information content (AvgIpc) is 2.48. The molecule has 0 aromatic heterocycles. The number of rotatable bonds is 5. The molecule has 1 aliphatic heterocycles. The van der Waals surface area contributed by atoms with Crippen molar-refractivity contribution in [3.05, 3.63) is 29.8 Å². The van der Waals surface area contributed by atoms with Crippen molar-refractivity contribution in [3.8, 4) is 5.75 Å². The van der Waals surface area contributed by atoms with E-state index in [0.717, 1.165) is 31.7 Å². The summed E-state index contributed by atoms with van der Waals surface area (Å²) >= 11 is 0. The van der Waals surface area contributed by atoms with Gasteiger partial charge in [-0.2, -0.15) is 13.2 Å². The molecule has 0 amide bonds. The summed E-state index contributed by atoms with van der Waals surface area (Å²) in [6.45, 7) is 3.11. The van der Waals surface area contributed by atoms with Crippen molar-refractivity contribution >= 4 is 0 Å². The summed E-state index contributed by atoms with van der Waals surface area (Å²) in [6.07, 6.45) is -4.85. The minimum atomic E-state index is -4.13. The summed E-state index contributed by atoms with van der Waals surface area (Å²) in [7, 11) is 1.55. The number of piperazine rings is 1. The fraction of sp³-hybridized carbons (Fsp3) is 0.600. The number of nitrogens with one attached hydrogen (secondary N) is 1. The zero-order chi connectivity index (χ0) is 15.3. The molecule has 1 fully saturated rings. The minimum Gasteiger partial charge on any atom is -0.496 e. The standard InChI is InChI=1S/C15H21F3N2O/c1-21-14-5-3-2-4-12(14)13(6-7-15(16,17)18)20-10-8-19-9-11-20/h2-5,13,19H,6-11H2,1H3/t13-/m1/s1. The van der Waals surface area contributed by atoms with Gasteiger partial charge in [0.1, 0.15) is 5.75 Å². The van der Waals surface area contributed by atoms with Crippen LogP contribution in [0.15, 0.2) is 24.3 Å². The van der Waals surface area contributed by atoms with Crippen LogP contribution in [0, 0.1) is 0 Å². The van der Waals surface area contributed by atoms with Crippen LogP contribution < -0.4 is 10.1 Å². The molecule has 3 nitrogen and oxygen atoms in total. The van der Waals surface area contributed by atoms with Crippen LogP contribution >= 0.6 is 0 Å². The minimum absolute atomic E-state index is 0.0594. The Balaban J connectivity index is 2.21. The molecule has 0 spiro atoms. The van der Waals surface area contributed by atoms with Crippen LogP contribution in [0.1, 0.15) is 24.4 Å². The Morgan fingerprint density at radius 2 is 1.90 bits per heavy atom. The van der Waals surface area contributed by atoms with Crippen molar-refractivity contribution in [1.29, 1.82) is 0 Å². The van der Waals surface area contributed by atoms with E-state index >= 15 is 0 Å². The third-order valence-electron chi connectivity index (χ3n) is 3.79. The molecule has 0 bridgehead atoms. The molecule has 2 rings (SSSR count). The molecule has 1 aromatic carbocycles. The molecule has 118 valence electrons. The van der Waals surface area contributed by atoms with Crippen molar-refractivity contribution in [2.24, 2.45) is 0 Å². The van der Waals surface area contributed by atoms with E-state index in [1.807, 2.05) is 18.2 Å². The first-order chi connectivity index (χ1) is 10.0. The van der Waals surface area contributed by atoms with Crippen molar-refractivity contribution in [1.82, 2.24) is 10.2 Å². The lowest BCUT2D eigenvalue weighted by Gasteiger charge is -2.36. The highest BCUT2D eigenvalue weighted by Gasteiger charge is 2.32. The molecule has 0 radical (unpaired) electrons. The topological polar surface area (TPSA) is 24.5 Å². The van der Waals surface area contributed by atoms with E-state index in [9.17, 15) is 13.2 Å². The van der Waals surface area contributed by atoms with E-state index < -0.39 is 12.6 Å². The van der Waals surface area contributed by atoms with Crippen molar-refractivity contribution in [3.63, 3.8) is 0 Å². The molecular formula is C15H21F3N2O. The number of nitrogens with zero attached hydrogens (tertiary/aromatic N) is 1. The summed E-state index contributed by atoms with van der Waals surface area (Å²) in [5.74, 6) is 0.656. The largest absolute Gasteiger partial charge is 0.496 e. The number of hydrogen-bond donors (Lipinski definition) is 1. The number of para-hydroxylation sites is 1. The third-order valence-corrected chi connectivity index (χ3v) is 3.79. The number of halogens is 3. The predicted molar refractivity (Wildman–Crippen MR) is 75.5 cm³/mol. The second kappa shape index (κ2) is 7.13. The summed E-state index contributed by atoms with van der Waals surface area (Å²) in [6, 6.07) is 7.09. The Morgan fingerprint density at radius 1 is 1.24 bits per heavy atom. The van der Waals surface area contributed by atoms with E-state index in [1.54, 1.807) is 13.2 Å². The lowest BCUT2D eigenvalue weighted by atomic mass is 9.98. The number of hydrogen-bond acceptors (Lipinski definition) is 3.